The van der Waals surface area contributed by atoms with Crippen LogP contribution in [-0.4, -0.2) is 33.2 Å². The summed E-state index contributed by atoms with van der Waals surface area (Å²) in [6.45, 7) is 1.01. The molecule has 0 aliphatic carbocycles. The molecule has 2 rings (SSSR count). The first-order valence-corrected chi connectivity index (χ1v) is 6.13. The summed E-state index contributed by atoms with van der Waals surface area (Å²) in [4.78, 5) is 4.23. The first-order chi connectivity index (χ1) is 9.31. The Balaban J connectivity index is 2.09. The molecule has 1 aromatic heterocycles. The molecule has 110 valence electrons. The number of hydrogen-bond donors (Lipinski definition) is 2. The normalized spacial score (nSPS) is 14.9. The summed E-state index contributed by atoms with van der Waals surface area (Å²) in [5.41, 5.74) is -0.829. The minimum Gasteiger partial charge on any atom is -0.383 e. The molecule has 0 saturated heterocycles. The summed E-state index contributed by atoms with van der Waals surface area (Å²) in [7, 11) is 1.76. The number of rotatable bonds is 5. The molecule has 0 saturated carbocycles. The number of hydrogen-bond acceptors (Lipinski definition) is 3. The number of alkyl halides is 2. The Morgan fingerprint density at radius 2 is 2.15 bits per heavy atom. The van der Waals surface area contributed by atoms with Crippen molar-refractivity contribution in [2.24, 2.45) is 7.05 Å². The van der Waals surface area contributed by atoms with Gasteiger partial charge in [-0.1, -0.05) is 0 Å². The van der Waals surface area contributed by atoms with E-state index in [4.69, 9.17) is 0 Å². The molecule has 0 radical (unpaired) electrons. The highest BCUT2D eigenvalue weighted by Gasteiger charge is 2.31. The number of halogens is 3. The van der Waals surface area contributed by atoms with Crippen molar-refractivity contribution in [2.75, 3.05) is 6.54 Å². The molecule has 0 aliphatic rings. The number of imidazole rings is 1. The van der Waals surface area contributed by atoms with Crippen LogP contribution in [-0.2, 0) is 13.6 Å². The van der Waals surface area contributed by atoms with Gasteiger partial charge in [0.2, 0.25) is 0 Å². The molecule has 0 bridgehead atoms. The van der Waals surface area contributed by atoms with E-state index in [-0.39, 0.29) is 18.9 Å². The molecule has 0 spiro atoms. The van der Waals surface area contributed by atoms with Crippen LogP contribution in [0.15, 0.2) is 18.2 Å². The molecule has 1 heterocycles. The lowest BCUT2D eigenvalue weighted by Crippen LogP contribution is -2.43. The summed E-state index contributed by atoms with van der Waals surface area (Å²) in [5.74, 6) is 0.200. The molecule has 2 N–H and O–H groups in total. The number of nitrogens with zero attached hydrogens (tertiary/aromatic N) is 2. The van der Waals surface area contributed by atoms with Crippen LogP contribution in [0.25, 0.3) is 11.0 Å². The van der Waals surface area contributed by atoms with E-state index in [1.165, 1.54) is 12.1 Å². The van der Waals surface area contributed by atoms with E-state index in [1.807, 2.05) is 0 Å². The predicted molar refractivity (Wildman–Crippen MR) is 69.0 cm³/mol. The largest absolute Gasteiger partial charge is 0.383 e. The van der Waals surface area contributed by atoms with Crippen LogP contribution in [0, 0.1) is 5.82 Å². The smallest absolute Gasteiger partial charge is 0.267 e. The van der Waals surface area contributed by atoms with Gasteiger partial charge in [0.15, 0.2) is 0 Å². The summed E-state index contributed by atoms with van der Waals surface area (Å²) < 4.78 is 39.8. The van der Waals surface area contributed by atoms with Gasteiger partial charge in [0, 0.05) is 19.7 Å². The van der Waals surface area contributed by atoms with Crippen molar-refractivity contribution in [1.29, 1.82) is 0 Å². The number of fused-ring (bicyclic) bond motifs is 1. The Kier molecular flexibility index (Phi) is 4.01. The van der Waals surface area contributed by atoms with Gasteiger partial charge >= 0.3 is 0 Å². The number of aliphatic hydroxyl groups is 1. The number of aryl methyl sites for hydroxylation is 1. The average molecular weight is 287 g/mol. The van der Waals surface area contributed by atoms with Crippen LogP contribution in [0.4, 0.5) is 13.2 Å². The van der Waals surface area contributed by atoms with Gasteiger partial charge in [0.1, 0.15) is 17.2 Å². The first-order valence-electron chi connectivity index (χ1n) is 6.13. The first kappa shape index (κ1) is 14.8. The van der Waals surface area contributed by atoms with Gasteiger partial charge in [-0.05, 0) is 19.1 Å². The SMILES string of the molecule is Cn1c(CNCC(C)(O)C(F)F)nc2cc(F)ccc21. The van der Waals surface area contributed by atoms with E-state index in [0.717, 1.165) is 12.4 Å². The summed E-state index contributed by atoms with van der Waals surface area (Å²) in [6, 6.07) is 4.26. The number of nitrogens with one attached hydrogen (secondary N) is 1. The molecule has 0 amide bonds. The van der Waals surface area contributed by atoms with E-state index >= 15 is 0 Å². The summed E-state index contributed by atoms with van der Waals surface area (Å²) >= 11 is 0. The molecule has 4 nitrogen and oxygen atoms in total. The van der Waals surface area contributed by atoms with Gasteiger partial charge in [0.05, 0.1) is 17.6 Å². The van der Waals surface area contributed by atoms with Gasteiger partial charge in [0.25, 0.3) is 6.43 Å². The van der Waals surface area contributed by atoms with E-state index in [1.54, 1.807) is 17.7 Å². The highest BCUT2D eigenvalue weighted by Crippen LogP contribution is 2.17. The third kappa shape index (κ3) is 2.94. The van der Waals surface area contributed by atoms with Crippen molar-refractivity contribution in [3.05, 3.63) is 29.8 Å². The number of benzene rings is 1. The maximum absolute atomic E-state index is 13.1. The minimum absolute atomic E-state index is 0.204. The highest BCUT2D eigenvalue weighted by molar-refractivity contribution is 5.75. The molecule has 1 aromatic carbocycles. The van der Waals surface area contributed by atoms with Gasteiger partial charge in [-0.2, -0.15) is 0 Å². The van der Waals surface area contributed by atoms with Crippen LogP contribution >= 0.6 is 0 Å². The maximum atomic E-state index is 13.1. The van der Waals surface area contributed by atoms with Crippen molar-refractivity contribution in [3.63, 3.8) is 0 Å². The Hall–Kier alpha value is -1.60. The Bertz CT molecular complexity index is 610. The zero-order valence-corrected chi connectivity index (χ0v) is 11.2. The monoisotopic (exact) mass is 287 g/mol. The quantitative estimate of drug-likeness (QED) is 0.882. The van der Waals surface area contributed by atoms with E-state index in [9.17, 15) is 18.3 Å². The molecular formula is C13H16F3N3O. The zero-order chi connectivity index (χ0) is 14.9. The summed E-state index contributed by atoms with van der Waals surface area (Å²) in [5, 5.41) is 12.2. The van der Waals surface area contributed by atoms with Gasteiger partial charge in [-0.25, -0.2) is 18.2 Å². The maximum Gasteiger partial charge on any atom is 0.267 e. The van der Waals surface area contributed by atoms with Crippen molar-refractivity contribution in [3.8, 4) is 0 Å². The second-order valence-electron chi connectivity index (χ2n) is 4.98. The molecule has 0 aliphatic heterocycles. The lowest BCUT2D eigenvalue weighted by atomic mass is 10.1. The second kappa shape index (κ2) is 5.41. The van der Waals surface area contributed by atoms with Crippen molar-refractivity contribution in [1.82, 2.24) is 14.9 Å². The zero-order valence-electron chi connectivity index (χ0n) is 11.2. The van der Waals surface area contributed by atoms with Crippen LogP contribution in [0.3, 0.4) is 0 Å². The average Bonchev–Trinajstić information content (AvgIpc) is 2.65. The Morgan fingerprint density at radius 1 is 1.45 bits per heavy atom. The van der Waals surface area contributed by atoms with Crippen LogP contribution < -0.4 is 5.32 Å². The molecule has 1 unspecified atom stereocenters. The third-order valence-corrected chi connectivity index (χ3v) is 3.17. The molecule has 2 aromatic rings. The van der Waals surface area contributed by atoms with Crippen molar-refractivity contribution < 1.29 is 18.3 Å². The standard InChI is InChI=1S/C13H16F3N3O/c1-13(20,12(15)16)7-17-6-11-18-9-5-8(14)3-4-10(9)19(11)2/h3-5,12,17,20H,6-7H2,1-2H3. The molecule has 0 fully saturated rings. The van der Waals surface area contributed by atoms with E-state index in [0.29, 0.717) is 11.3 Å². The fourth-order valence-electron chi connectivity index (χ4n) is 1.89. The Labute approximate surface area is 114 Å². The number of aromatic nitrogens is 2. The van der Waals surface area contributed by atoms with E-state index in [2.05, 4.69) is 10.3 Å². The van der Waals surface area contributed by atoms with Crippen molar-refractivity contribution in [2.45, 2.75) is 25.5 Å². The minimum atomic E-state index is -2.83. The highest BCUT2D eigenvalue weighted by atomic mass is 19.3. The molecule has 20 heavy (non-hydrogen) atoms. The summed E-state index contributed by atoms with van der Waals surface area (Å²) in [6.07, 6.45) is -2.83. The molecular weight excluding hydrogens is 271 g/mol. The van der Waals surface area contributed by atoms with Crippen molar-refractivity contribution >= 4 is 11.0 Å². The topological polar surface area (TPSA) is 50.1 Å². The van der Waals surface area contributed by atoms with Gasteiger partial charge < -0.3 is 15.0 Å². The fourth-order valence-corrected chi connectivity index (χ4v) is 1.89. The third-order valence-electron chi connectivity index (χ3n) is 3.17. The second-order valence-corrected chi connectivity index (χ2v) is 4.98. The lowest BCUT2D eigenvalue weighted by Gasteiger charge is -2.22. The Morgan fingerprint density at radius 3 is 2.80 bits per heavy atom. The van der Waals surface area contributed by atoms with Gasteiger partial charge in [-0.3, -0.25) is 0 Å². The van der Waals surface area contributed by atoms with Crippen LogP contribution in [0.5, 0.6) is 0 Å². The van der Waals surface area contributed by atoms with E-state index < -0.39 is 12.0 Å². The van der Waals surface area contributed by atoms with Gasteiger partial charge in [-0.15, -0.1) is 0 Å². The molecule has 1 atom stereocenters. The van der Waals surface area contributed by atoms with Crippen LogP contribution in [0.2, 0.25) is 0 Å². The fraction of sp³-hybridized carbons (Fsp3) is 0.462. The lowest BCUT2D eigenvalue weighted by molar-refractivity contribution is -0.0810. The molecule has 7 heteroatoms. The predicted octanol–water partition coefficient (Wildman–Crippen LogP) is 1.82. The van der Waals surface area contributed by atoms with Crippen LogP contribution in [0.1, 0.15) is 12.7 Å².